The Bertz CT molecular complexity index is 727. The first-order valence-corrected chi connectivity index (χ1v) is 6.44. The molecule has 3 aromatic rings. The van der Waals surface area contributed by atoms with Crippen molar-refractivity contribution in [1.29, 1.82) is 0 Å². The van der Waals surface area contributed by atoms with E-state index >= 15 is 0 Å². The van der Waals surface area contributed by atoms with E-state index in [0.29, 0.717) is 5.69 Å². The topological polar surface area (TPSA) is 91.7 Å². The van der Waals surface area contributed by atoms with Gasteiger partial charge in [-0.3, -0.25) is 0 Å². The number of rotatable bonds is 4. The number of anilines is 1. The molecule has 106 valence electrons. The summed E-state index contributed by atoms with van der Waals surface area (Å²) in [6, 6.07) is 11.7. The monoisotopic (exact) mass is 282 g/mol. The zero-order valence-corrected chi connectivity index (χ0v) is 11.4. The van der Waals surface area contributed by atoms with Crippen LogP contribution in [0.1, 0.15) is 18.7 Å². The lowest BCUT2D eigenvalue weighted by molar-refractivity contribution is 0.203. The molecule has 3 rings (SSSR count). The summed E-state index contributed by atoms with van der Waals surface area (Å²) in [6.45, 7) is 1.85. The standard InChI is InChI=1S/C14H14N6O/c1-10(12-7-8-16-13(15)18-12)21-14-17-9-20(19-14)11-5-3-2-4-6-11/h2-10H,1H3,(H2,15,16,18)/t10-/m1/s1. The minimum atomic E-state index is -0.318. The highest BCUT2D eigenvalue weighted by Crippen LogP contribution is 2.17. The molecule has 0 radical (unpaired) electrons. The van der Waals surface area contributed by atoms with E-state index in [1.165, 1.54) is 0 Å². The molecule has 0 unspecified atom stereocenters. The van der Waals surface area contributed by atoms with Crippen molar-refractivity contribution in [1.82, 2.24) is 24.7 Å². The lowest BCUT2D eigenvalue weighted by atomic mass is 10.3. The highest BCUT2D eigenvalue weighted by atomic mass is 16.5. The summed E-state index contributed by atoms with van der Waals surface area (Å²) in [5.74, 6) is 0.214. The maximum absolute atomic E-state index is 5.67. The molecule has 2 N–H and O–H groups in total. The molecule has 0 bridgehead atoms. The van der Waals surface area contributed by atoms with Gasteiger partial charge in [0.2, 0.25) is 5.95 Å². The Morgan fingerprint density at radius 1 is 1.14 bits per heavy atom. The van der Waals surface area contributed by atoms with Crippen molar-refractivity contribution in [3.05, 3.63) is 54.6 Å². The Labute approximate surface area is 121 Å². The molecule has 2 heterocycles. The third-order valence-corrected chi connectivity index (χ3v) is 2.89. The summed E-state index contributed by atoms with van der Waals surface area (Å²) in [5, 5.41) is 4.28. The molecule has 2 aromatic heterocycles. The summed E-state index contributed by atoms with van der Waals surface area (Å²) in [4.78, 5) is 12.1. The van der Waals surface area contributed by atoms with Crippen LogP contribution in [0, 0.1) is 0 Å². The van der Waals surface area contributed by atoms with Crippen LogP contribution in [-0.2, 0) is 0 Å². The predicted octanol–water partition coefficient (Wildman–Crippen LogP) is 1.78. The number of para-hydroxylation sites is 1. The Morgan fingerprint density at radius 3 is 2.71 bits per heavy atom. The van der Waals surface area contributed by atoms with E-state index in [1.807, 2.05) is 37.3 Å². The van der Waals surface area contributed by atoms with Gasteiger partial charge in [-0.1, -0.05) is 18.2 Å². The second-order valence-corrected chi connectivity index (χ2v) is 4.41. The number of ether oxygens (including phenoxy) is 1. The van der Waals surface area contributed by atoms with Crippen molar-refractivity contribution in [2.24, 2.45) is 0 Å². The van der Waals surface area contributed by atoms with Crippen LogP contribution in [0.25, 0.3) is 5.69 Å². The molecule has 7 heteroatoms. The Morgan fingerprint density at radius 2 is 1.95 bits per heavy atom. The van der Waals surface area contributed by atoms with E-state index in [4.69, 9.17) is 10.5 Å². The van der Waals surface area contributed by atoms with Gasteiger partial charge in [0, 0.05) is 6.20 Å². The summed E-state index contributed by atoms with van der Waals surface area (Å²) in [5.41, 5.74) is 7.15. The van der Waals surface area contributed by atoms with Crippen LogP contribution in [0.5, 0.6) is 6.01 Å². The average Bonchev–Trinajstić information content (AvgIpc) is 2.97. The summed E-state index contributed by atoms with van der Waals surface area (Å²) >= 11 is 0. The molecule has 0 saturated carbocycles. The van der Waals surface area contributed by atoms with E-state index < -0.39 is 0 Å². The largest absolute Gasteiger partial charge is 0.453 e. The Kier molecular flexibility index (Phi) is 3.46. The molecule has 1 aromatic carbocycles. The highest BCUT2D eigenvalue weighted by Gasteiger charge is 2.12. The van der Waals surface area contributed by atoms with E-state index in [2.05, 4.69) is 20.1 Å². The van der Waals surface area contributed by atoms with Crippen molar-refractivity contribution >= 4 is 5.95 Å². The molecule has 0 aliphatic rings. The summed E-state index contributed by atoms with van der Waals surface area (Å²) in [6.07, 6.45) is 2.88. The van der Waals surface area contributed by atoms with Crippen LogP contribution in [0.2, 0.25) is 0 Å². The van der Waals surface area contributed by atoms with Crippen molar-refractivity contribution in [2.75, 3.05) is 5.73 Å². The van der Waals surface area contributed by atoms with E-state index in [0.717, 1.165) is 5.69 Å². The van der Waals surface area contributed by atoms with Crippen LogP contribution in [0.15, 0.2) is 48.9 Å². The fraction of sp³-hybridized carbons (Fsp3) is 0.143. The number of hydrogen-bond donors (Lipinski definition) is 1. The smallest absolute Gasteiger partial charge is 0.336 e. The number of hydrogen-bond acceptors (Lipinski definition) is 6. The lowest BCUT2D eigenvalue weighted by Gasteiger charge is -2.10. The average molecular weight is 282 g/mol. The molecule has 0 aliphatic carbocycles. The van der Waals surface area contributed by atoms with Crippen LogP contribution in [0.3, 0.4) is 0 Å². The van der Waals surface area contributed by atoms with Crippen molar-refractivity contribution in [3.8, 4) is 11.7 Å². The Hall–Kier alpha value is -2.96. The minimum Gasteiger partial charge on any atom is -0.453 e. The molecule has 0 saturated heterocycles. The molecule has 0 aliphatic heterocycles. The van der Waals surface area contributed by atoms with Crippen molar-refractivity contribution in [3.63, 3.8) is 0 Å². The molecular weight excluding hydrogens is 268 g/mol. The van der Waals surface area contributed by atoms with Gasteiger partial charge in [0.05, 0.1) is 11.4 Å². The van der Waals surface area contributed by atoms with Gasteiger partial charge in [0.25, 0.3) is 0 Å². The highest BCUT2D eigenvalue weighted by molar-refractivity contribution is 5.29. The van der Waals surface area contributed by atoms with Crippen LogP contribution in [-0.4, -0.2) is 24.7 Å². The molecule has 1 atom stereocenters. The first-order valence-electron chi connectivity index (χ1n) is 6.44. The maximum Gasteiger partial charge on any atom is 0.336 e. The zero-order chi connectivity index (χ0) is 14.7. The van der Waals surface area contributed by atoms with Crippen LogP contribution >= 0.6 is 0 Å². The first-order chi connectivity index (χ1) is 10.2. The van der Waals surface area contributed by atoms with Gasteiger partial charge in [-0.15, -0.1) is 5.10 Å². The van der Waals surface area contributed by atoms with Gasteiger partial charge in [-0.25, -0.2) is 14.6 Å². The number of aromatic nitrogens is 5. The van der Waals surface area contributed by atoms with E-state index in [1.54, 1.807) is 23.3 Å². The summed E-state index contributed by atoms with van der Waals surface area (Å²) < 4.78 is 7.32. The maximum atomic E-state index is 5.67. The molecule has 0 spiro atoms. The SMILES string of the molecule is C[C@@H](Oc1ncn(-c2ccccc2)n1)c1ccnc(N)n1. The third kappa shape index (κ3) is 2.97. The number of benzene rings is 1. The second-order valence-electron chi connectivity index (χ2n) is 4.41. The number of nitrogen functional groups attached to an aromatic ring is 1. The number of nitrogens with two attached hydrogens (primary N) is 1. The fourth-order valence-electron chi connectivity index (χ4n) is 1.84. The molecular formula is C14H14N6O. The molecule has 7 nitrogen and oxygen atoms in total. The van der Waals surface area contributed by atoms with Gasteiger partial charge in [0.15, 0.2) is 0 Å². The second kappa shape index (κ2) is 5.58. The first kappa shape index (κ1) is 13.0. The van der Waals surface area contributed by atoms with Crippen molar-refractivity contribution < 1.29 is 4.74 Å². The molecule has 21 heavy (non-hydrogen) atoms. The lowest BCUT2D eigenvalue weighted by Crippen LogP contribution is -2.08. The van der Waals surface area contributed by atoms with Gasteiger partial charge in [-0.05, 0) is 25.1 Å². The predicted molar refractivity (Wildman–Crippen MR) is 76.8 cm³/mol. The Balaban J connectivity index is 1.75. The zero-order valence-electron chi connectivity index (χ0n) is 11.4. The normalized spacial score (nSPS) is 12.0. The quantitative estimate of drug-likeness (QED) is 0.784. The molecule has 0 fully saturated rings. The molecule has 0 amide bonds. The van der Waals surface area contributed by atoms with Crippen LogP contribution < -0.4 is 10.5 Å². The van der Waals surface area contributed by atoms with Gasteiger partial charge in [0.1, 0.15) is 12.4 Å². The van der Waals surface area contributed by atoms with Gasteiger partial charge < -0.3 is 10.5 Å². The third-order valence-electron chi connectivity index (χ3n) is 2.89. The van der Waals surface area contributed by atoms with E-state index in [9.17, 15) is 0 Å². The van der Waals surface area contributed by atoms with E-state index in [-0.39, 0.29) is 18.1 Å². The minimum absolute atomic E-state index is 0.214. The number of nitrogens with zero attached hydrogens (tertiary/aromatic N) is 5. The van der Waals surface area contributed by atoms with Crippen LogP contribution in [0.4, 0.5) is 5.95 Å². The van der Waals surface area contributed by atoms with Gasteiger partial charge >= 0.3 is 6.01 Å². The van der Waals surface area contributed by atoms with Gasteiger partial charge in [-0.2, -0.15) is 4.98 Å². The summed E-state index contributed by atoms with van der Waals surface area (Å²) in [7, 11) is 0. The van der Waals surface area contributed by atoms with Crippen molar-refractivity contribution in [2.45, 2.75) is 13.0 Å². The fourth-order valence-corrected chi connectivity index (χ4v) is 1.84.